The maximum atomic E-state index is 3.36. The number of aryl methyl sites for hydroxylation is 2. The molecule has 0 atom stereocenters. The summed E-state index contributed by atoms with van der Waals surface area (Å²) in [4.78, 5) is 5.16. The van der Waals surface area contributed by atoms with Crippen molar-refractivity contribution in [2.75, 3.05) is 44.2 Å². The Labute approximate surface area is 110 Å². The molecule has 1 aromatic rings. The second-order valence-electron chi connectivity index (χ2n) is 5.60. The SMILES string of the molecule is Cc1ccc(N2CCN(C3CNC3)CC2)cc1C. The van der Waals surface area contributed by atoms with Crippen molar-refractivity contribution in [3.8, 4) is 0 Å². The van der Waals surface area contributed by atoms with Crippen molar-refractivity contribution in [3.63, 3.8) is 0 Å². The lowest BCUT2D eigenvalue weighted by atomic mass is 10.1. The Hall–Kier alpha value is -1.06. The molecule has 0 aliphatic carbocycles. The molecule has 2 heterocycles. The average molecular weight is 245 g/mol. The monoisotopic (exact) mass is 245 g/mol. The van der Waals surface area contributed by atoms with Gasteiger partial charge in [-0.25, -0.2) is 0 Å². The molecule has 3 heteroatoms. The third-order valence-electron chi connectivity index (χ3n) is 4.45. The van der Waals surface area contributed by atoms with Crippen molar-refractivity contribution in [2.24, 2.45) is 0 Å². The van der Waals surface area contributed by atoms with Gasteiger partial charge in [-0.3, -0.25) is 4.90 Å². The Morgan fingerprint density at radius 1 is 1.00 bits per heavy atom. The molecule has 1 N–H and O–H groups in total. The molecule has 18 heavy (non-hydrogen) atoms. The molecule has 3 rings (SSSR count). The van der Waals surface area contributed by atoms with E-state index in [0.29, 0.717) is 0 Å². The molecule has 3 nitrogen and oxygen atoms in total. The quantitative estimate of drug-likeness (QED) is 0.849. The van der Waals surface area contributed by atoms with E-state index < -0.39 is 0 Å². The molecule has 98 valence electrons. The Kier molecular flexibility index (Phi) is 3.27. The van der Waals surface area contributed by atoms with Crippen LogP contribution in [-0.2, 0) is 0 Å². The Bertz CT molecular complexity index is 418. The van der Waals surface area contributed by atoms with Crippen LogP contribution in [0.25, 0.3) is 0 Å². The van der Waals surface area contributed by atoms with Crippen molar-refractivity contribution in [3.05, 3.63) is 29.3 Å². The predicted molar refractivity (Wildman–Crippen MR) is 76.4 cm³/mol. The number of nitrogens with one attached hydrogen (secondary N) is 1. The smallest absolute Gasteiger partial charge is 0.0369 e. The van der Waals surface area contributed by atoms with Crippen LogP contribution >= 0.6 is 0 Å². The summed E-state index contributed by atoms with van der Waals surface area (Å²) in [5, 5.41) is 3.36. The Morgan fingerprint density at radius 2 is 1.72 bits per heavy atom. The molecule has 0 bridgehead atoms. The van der Waals surface area contributed by atoms with Gasteiger partial charge in [0.1, 0.15) is 0 Å². The highest BCUT2D eigenvalue weighted by Crippen LogP contribution is 2.21. The van der Waals surface area contributed by atoms with Gasteiger partial charge in [0, 0.05) is 51.0 Å². The average Bonchev–Trinajstić information content (AvgIpc) is 2.32. The molecule has 2 aliphatic rings. The van der Waals surface area contributed by atoms with Gasteiger partial charge in [-0.1, -0.05) is 6.07 Å². The second-order valence-corrected chi connectivity index (χ2v) is 5.60. The van der Waals surface area contributed by atoms with E-state index in [0.717, 1.165) is 6.04 Å². The minimum absolute atomic E-state index is 0.798. The fraction of sp³-hybridized carbons (Fsp3) is 0.600. The summed E-state index contributed by atoms with van der Waals surface area (Å²) in [5.41, 5.74) is 4.18. The van der Waals surface area contributed by atoms with Gasteiger partial charge in [0.25, 0.3) is 0 Å². The molecular weight excluding hydrogens is 222 g/mol. The van der Waals surface area contributed by atoms with E-state index in [1.54, 1.807) is 0 Å². The molecule has 1 aromatic carbocycles. The molecule has 0 saturated carbocycles. The number of nitrogens with zero attached hydrogens (tertiary/aromatic N) is 2. The van der Waals surface area contributed by atoms with Crippen LogP contribution in [0, 0.1) is 13.8 Å². The van der Waals surface area contributed by atoms with E-state index in [1.165, 1.54) is 56.1 Å². The number of anilines is 1. The molecule has 0 amide bonds. The van der Waals surface area contributed by atoms with Crippen molar-refractivity contribution in [2.45, 2.75) is 19.9 Å². The summed E-state index contributed by atoms with van der Waals surface area (Å²) >= 11 is 0. The lowest BCUT2D eigenvalue weighted by Crippen LogP contribution is -2.61. The van der Waals surface area contributed by atoms with Gasteiger partial charge in [-0.05, 0) is 37.1 Å². The third-order valence-corrected chi connectivity index (χ3v) is 4.45. The van der Waals surface area contributed by atoms with Crippen LogP contribution in [0.5, 0.6) is 0 Å². The number of benzene rings is 1. The Morgan fingerprint density at radius 3 is 2.28 bits per heavy atom. The Balaban J connectivity index is 1.62. The molecule has 0 spiro atoms. The lowest BCUT2D eigenvalue weighted by molar-refractivity contribution is 0.138. The van der Waals surface area contributed by atoms with Crippen molar-refractivity contribution < 1.29 is 0 Å². The summed E-state index contributed by atoms with van der Waals surface area (Å²) in [6.07, 6.45) is 0. The van der Waals surface area contributed by atoms with Gasteiger partial charge in [0.2, 0.25) is 0 Å². The highest BCUT2D eigenvalue weighted by atomic mass is 15.3. The van der Waals surface area contributed by atoms with Crippen molar-refractivity contribution in [1.82, 2.24) is 10.2 Å². The van der Waals surface area contributed by atoms with Gasteiger partial charge in [0.05, 0.1) is 0 Å². The summed E-state index contributed by atoms with van der Waals surface area (Å²) in [5.74, 6) is 0. The first kappa shape index (κ1) is 12.0. The summed E-state index contributed by atoms with van der Waals surface area (Å²) < 4.78 is 0. The van der Waals surface area contributed by atoms with Crippen LogP contribution in [0.3, 0.4) is 0 Å². The summed E-state index contributed by atoms with van der Waals surface area (Å²) in [7, 11) is 0. The first-order valence-corrected chi connectivity index (χ1v) is 7.01. The van der Waals surface area contributed by atoms with Crippen LogP contribution in [0.1, 0.15) is 11.1 Å². The van der Waals surface area contributed by atoms with Gasteiger partial charge >= 0.3 is 0 Å². The number of hydrogen-bond acceptors (Lipinski definition) is 3. The predicted octanol–water partition coefficient (Wildman–Crippen LogP) is 1.40. The lowest BCUT2D eigenvalue weighted by Gasteiger charge is -2.44. The van der Waals surface area contributed by atoms with Crippen LogP contribution < -0.4 is 10.2 Å². The molecule has 0 radical (unpaired) electrons. The topological polar surface area (TPSA) is 18.5 Å². The molecule has 2 fully saturated rings. The van der Waals surface area contributed by atoms with Crippen LogP contribution in [-0.4, -0.2) is 50.2 Å². The molecular formula is C15H23N3. The molecule has 0 aromatic heterocycles. The van der Waals surface area contributed by atoms with Gasteiger partial charge in [-0.15, -0.1) is 0 Å². The first-order chi connectivity index (χ1) is 8.74. The van der Waals surface area contributed by atoms with Crippen LogP contribution in [0.2, 0.25) is 0 Å². The van der Waals surface area contributed by atoms with Crippen LogP contribution in [0.4, 0.5) is 5.69 Å². The molecule has 2 aliphatic heterocycles. The van der Waals surface area contributed by atoms with E-state index in [9.17, 15) is 0 Å². The largest absolute Gasteiger partial charge is 0.369 e. The normalized spacial score (nSPS) is 22.0. The highest BCUT2D eigenvalue weighted by Gasteiger charge is 2.27. The van der Waals surface area contributed by atoms with E-state index in [2.05, 4.69) is 47.2 Å². The minimum atomic E-state index is 0.798. The minimum Gasteiger partial charge on any atom is -0.369 e. The van der Waals surface area contributed by atoms with E-state index in [1.807, 2.05) is 0 Å². The maximum absolute atomic E-state index is 3.36. The molecule has 0 unspecified atom stereocenters. The van der Waals surface area contributed by atoms with E-state index >= 15 is 0 Å². The van der Waals surface area contributed by atoms with Gasteiger partial charge in [-0.2, -0.15) is 0 Å². The first-order valence-electron chi connectivity index (χ1n) is 7.01. The fourth-order valence-electron chi connectivity index (χ4n) is 2.80. The standard InChI is InChI=1S/C15H23N3/c1-12-3-4-14(9-13(12)2)17-5-7-18(8-6-17)15-10-16-11-15/h3-4,9,15-16H,5-8,10-11H2,1-2H3. The van der Waals surface area contributed by atoms with Crippen LogP contribution in [0.15, 0.2) is 18.2 Å². The summed E-state index contributed by atoms with van der Waals surface area (Å²) in [6.45, 7) is 11.5. The number of hydrogen-bond donors (Lipinski definition) is 1. The van der Waals surface area contributed by atoms with Gasteiger partial charge in [0.15, 0.2) is 0 Å². The third kappa shape index (κ3) is 2.25. The maximum Gasteiger partial charge on any atom is 0.0369 e. The number of rotatable bonds is 2. The van der Waals surface area contributed by atoms with E-state index in [-0.39, 0.29) is 0 Å². The fourth-order valence-corrected chi connectivity index (χ4v) is 2.80. The summed E-state index contributed by atoms with van der Waals surface area (Å²) in [6, 6.07) is 7.64. The number of piperazine rings is 1. The zero-order chi connectivity index (χ0) is 12.5. The zero-order valence-corrected chi connectivity index (χ0v) is 11.4. The highest BCUT2D eigenvalue weighted by molar-refractivity contribution is 5.51. The van der Waals surface area contributed by atoms with Crippen molar-refractivity contribution >= 4 is 5.69 Å². The zero-order valence-electron chi connectivity index (χ0n) is 11.4. The molecule has 2 saturated heterocycles. The van der Waals surface area contributed by atoms with E-state index in [4.69, 9.17) is 0 Å². The van der Waals surface area contributed by atoms with Gasteiger partial charge < -0.3 is 10.2 Å². The van der Waals surface area contributed by atoms with Crippen molar-refractivity contribution in [1.29, 1.82) is 0 Å². The second kappa shape index (κ2) is 4.90.